The highest BCUT2D eigenvalue weighted by molar-refractivity contribution is 6.03. The molecular weight excluding hydrogens is 344 g/mol. The number of hydrogen-bond donors (Lipinski definition) is 0. The first-order valence-electron chi connectivity index (χ1n) is 9.19. The van der Waals surface area contributed by atoms with Crippen molar-refractivity contribution in [3.8, 4) is 5.75 Å². The van der Waals surface area contributed by atoms with E-state index in [0.29, 0.717) is 18.3 Å². The average molecular weight is 370 g/mol. The smallest absolute Gasteiger partial charge is 0.339 e. The molecule has 0 unspecified atom stereocenters. The molecule has 2 rings (SSSR count). The van der Waals surface area contributed by atoms with Crippen molar-refractivity contribution >= 4 is 11.9 Å². The van der Waals surface area contributed by atoms with E-state index >= 15 is 0 Å². The number of carbonyl (C=O) groups excluding carboxylic acids is 2. The minimum absolute atomic E-state index is 0.0888. The van der Waals surface area contributed by atoms with Gasteiger partial charge in [-0.15, -0.1) is 0 Å². The fourth-order valence-electron chi connectivity index (χ4n) is 2.46. The number of rotatable bonds is 10. The second-order valence-electron chi connectivity index (χ2n) is 6.52. The summed E-state index contributed by atoms with van der Waals surface area (Å²) in [5.74, 6) is 0.191. The summed E-state index contributed by atoms with van der Waals surface area (Å²) < 4.78 is 16.0. The van der Waals surface area contributed by atoms with Crippen molar-refractivity contribution in [2.24, 2.45) is 5.92 Å². The molecule has 0 atom stereocenters. The number of ether oxygens (including phenoxy) is 3. The van der Waals surface area contributed by atoms with Crippen LogP contribution in [0.5, 0.6) is 5.75 Å². The Labute approximate surface area is 160 Å². The van der Waals surface area contributed by atoms with Crippen LogP contribution in [-0.2, 0) is 9.47 Å². The maximum atomic E-state index is 12.3. The van der Waals surface area contributed by atoms with Crippen LogP contribution in [0.4, 0.5) is 0 Å². The molecule has 5 heteroatoms. The predicted molar refractivity (Wildman–Crippen MR) is 103 cm³/mol. The van der Waals surface area contributed by atoms with Crippen LogP contribution in [0.25, 0.3) is 0 Å². The van der Waals surface area contributed by atoms with Gasteiger partial charge in [-0.05, 0) is 43.0 Å². The van der Waals surface area contributed by atoms with Gasteiger partial charge in [0.15, 0.2) is 0 Å². The van der Waals surface area contributed by atoms with Crippen LogP contribution in [0.3, 0.4) is 0 Å². The standard InChI is InChI=1S/C22H26O5/c1-17(2)9-8-14-26-21(23)19-12-6-7-13-20(19)22(24)27-16-15-25-18-10-4-3-5-11-18/h3-7,10-13,17H,8-9,14-16H2,1-2H3. The molecule has 0 aromatic heterocycles. The highest BCUT2D eigenvalue weighted by Crippen LogP contribution is 2.13. The molecule has 27 heavy (non-hydrogen) atoms. The third kappa shape index (κ3) is 7.13. The first kappa shape index (κ1) is 20.5. The first-order valence-corrected chi connectivity index (χ1v) is 9.19. The van der Waals surface area contributed by atoms with Crippen molar-refractivity contribution < 1.29 is 23.8 Å². The van der Waals surface area contributed by atoms with Gasteiger partial charge in [-0.2, -0.15) is 0 Å². The molecule has 0 fully saturated rings. The molecular formula is C22H26O5. The van der Waals surface area contributed by atoms with Gasteiger partial charge in [0, 0.05) is 0 Å². The number of benzene rings is 2. The lowest BCUT2D eigenvalue weighted by Gasteiger charge is -2.11. The lowest BCUT2D eigenvalue weighted by molar-refractivity contribution is 0.0421. The van der Waals surface area contributed by atoms with Crippen LogP contribution in [0, 0.1) is 5.92 Å². The molecule has 0 amide bonds. The van der Waals surface area contributed by atoms with Gasteiger partial charge in [-0.1, -0.05) is 44.2 Å². The normalized spacial score (nSPS) is 10.5. The summed E-state index contributed by atoms with van der Waals surface area (Å²) in [5.41, 5.74) is 0.419. The number of hydrogen-bond acceptors (Lipinski definition) is 5. The molecule has 0 spiro atoms. The number of para-hydroxylation sites is 1. The summed E-state index contributed by atoms with van der Waals surface area (Å²) in [6, 6.07) is 15.8. The molecule has 0 aliphatic rings. The van der Waals surface area contributed by atoms with E-state index in [2.05, 4.69) is 13.8 Å². The van der Waals surface area contributed by atoms with Crippen molar-refractivity contribution in [1.29, 1.82) is 0 Å². The van der Waals surface area contributed by atoms with Gasteiger partial charge in [0.05, 0.1) is 17.7 Å². The summed E-state index contributed by atoms with van der Waals surface area (Å²) >= 11 is 0. The van der Waals surface area contributed by atoms with E-state index in [0.717, 1.165) is 12.8 Å². The molecule has 2 aromatic carbocycles. The van der Waals surface area contributed by atoms with Crippen molar-refractivity contribution in [3.05, 3.63) is 65.7 Å². The Morgan fingerprint density at radius 3 is 1.93 bits per heavy atom. The molecule has 0 heterocycles. The lowest BCUT2D eigenvalue weighted by atomic mass is 10.1. The highest BCUT2D eigenvalue weighted by Gasteiger charge is 2.18. The Balaban J connectivity index is 1.84. The SMILES string of the molecule is CC(C)CCCOC(=O)c1ccccc1C(=O)OCCOc1ccccc1. The van der Waals surface area contributed by atoms with E-state index in [1.807, 2.05) is 30.3 Å². The average Bonchev–Trinajstić information content (AvgIpc) is 2.69. The Hall–Kier alpha value is -2.82. The number of carbonyl (C=O) groups is 2. The fraction of sp³-hybridized carbons (Fsp3) is 0.364. The molecule has 144 valence electrons. The van der Waals surface area contributed by atoms with E-state index < -0.39 is 11.9 Å². The quantitative estimate of drug-likeness (QED) is 0.455. The van der Waals surface area contributed by atoms with Crippen LogP contribution >= 0.6 is 0 Å². The van der Waals surface area contributed by atoms with Gasteiger partial charge in [0.25, 0.3) is 0 Å². The Morgan fingerprint density at radius 1 is 0.778 bits per heavy atom. The summed E-state index contributed by atoms with van der Waals surface area (Å²) in [6.45, 7) is 4.90. The molecule has 0 saturated heterocycles. The largest absolute Gasteiger partial charge is 0.490 e. The third-order valence-corrected chi connectivity index (χ3v) is 3.85. The van der Waals surface area contributed by atoms with Gasteiger partial charge in [0.2, 0.25) is 0 Å². The van der Waals surface area contributed by atoms with Gasteiger partial charge in [-0.25, -0.2) is 9.59 Å². The molecule has 0 radical (unpaired) electrons. The molecule has 0 aliphatic heterocycles. The topological polar surface area (TPSA) is 61.8 Å². The zero-order valence-corrected chi connectivity index (χ0v) is 15.9. The van der Waals surface area contributed by atoms with E-state index in [1.165, 1.54) is 0 Å². The second-order valence-corrected chi connectivity index (χ2v) is 6.52. The number of esters is 2. The zero-order valence-electron chi connectivity index (χ0n) is 15.9. The minimum atomic E-state index is -0.568. The maximum absolute atomic E-state index is 12.3. The minimum Gasteiger partial charge on any atom is -0.490 e. The van der Waals surface area contributed by atoms with Crippen LogP contribution in [0.15, 0.2) is 54.6 Å². The van der Waals surface area contributed by atoms with Crippen LogP contribution in [0.2, 0.25) is 0 Å². The maximum Gasteiger partial charge on any atom is 0.339 e. The van der Waals surface area contributed by atoms with Gasteiger partial charge < -0.3 is 14.2 Å². The van der Waals surface area contributed by atoms with Crippen molar-refractivity contribution in [1.82, 2.24) is 0 Å². The molecule has 0 bridgehead atoms. The van der Waals surface area contributed by atoms with Crippen LogP contribution in [0.1, 0.15) is 47.4 Å². The van der Waals surface area contributed by atoms with Crippen molar-refractivity contribution in [2.75, 3.05) is 19.8 Å². The second kappa shape index (κ2) is 11.0. The van der Waals surface area contributed by atoms with Crippen LogP contribution < -0.4 is 4.74 Å². The van der Waals surface area contributed by atoms with Crippen molar-refractivity contribution in [2.45, 2.75) is 26.7 Å². The van der Waals surface area contributed by atoms with E-state index in [4.69, 9.17) is 14.2 Å². The molecule has 0 aliphatic carbocycles. The summed E-state index contributed by atoms with van der Waals surface area (Å²) in [4.78, 5) is 24.6. The summed E-state index contributed by atoms with van der Waals surface area (Å²) in [7, 11) is 0. The summed E-state index contributed by atoms with van der Waals surface area (Å²) in [6.07, 6.45) is 1.78. The Kier molecular flexibility index (Phi) is 8.36. The Morgan fingerprint density at radius 2 is 1.33 bits per heavy atom. The monoisotopic (exact) mass is 370 g/mol. The highest BCUT2D eigenvalue weighted by atomic mass is 16.6. The van der Waals surface area contributed by atoms with E-state index in [1.54, 1.807) is 24.3 Å². The van der Waals surface area contributed by atoms with E-state index in [9.17, 15) is 9.59 Å². The molecule has 0 saturated carbocycles. The van der Waals surface area contributed by atoms with Gasteiger partial charge in [0.1, 0.15) is 19.0 Å². The molecule has 5 nitrogen and oxygen atoms in total. The zero-order chi connectivity index (χ0) is 19.5. The molecule has 2 aromatic rings. The Bertz CT molecular complexity index is 724. The fourth-order valence-corrected chi connectivity index (χ4v) is 2.46. The summed E-state index contributed by atoms with van der Waals surface area (Å²) in [5, 5.41) is 0. The van der Waals surface area contributed by atoms with E-state index in [-0.39, 0.29) is 24.3 Å². The van der Waals surface area contributed by atoms with Gasteiger partial charge in [-0.3, -0.25) is 0 Å². The van der Waals surface area contributed by atoms with Gasteiger partial charge >= 0.3 is 11.9 Å². The predicted octanol–water partition coefficient (Wildman–Crippen LogP) is 4.52. The first-order chi connectivity index (χ1) is 13.1. The van der Waals surface area contributed by atoms with Crippen LogP contribution in [-0.4, -0.2) is 31.8 Å². The third-order valence-electron chi connectivity index (χ3n) is 3.85. The van der Waals surface area contributed by atoms with Crippen molar-refractivity contribution in [3.63, 3.8) is 0 Å². The lowest BCUT2D eigenvalue weighted by Crippen LogP contribution is -2.17. The molecule has 0 N–H and O–H groups in total.